The second-order valence-electron chi connectivity index (χ2n) is 6.22. The molecule has 0 spiro atoms. The molecule has 2 rings (SSSR count). The summed E-state index contributed by atoms with van der Waals surface area (Å²) < 4.78 is 52.6. The number of nitrogens with two attached hydrogens (primary N) is 1. The van der Waals surface area contributed by atoms with E-state index in [1.54, 1.807) is 19.2 Å². The summed E-state index contributed by atoms with van der Waals surface area (Å²) in [5, 5.41) is 5.05. The minimum Gasteiger partial charge on any atom is -0.492 e. The number of nitrogens with zero attached hydrogens (tertiary/aromatic N) is 2. The summed E-state index contributed by atoms with van der Waals surface area (Å²) in [6, 6.07) is 6.03. The minimum absolute atomic E-state index is 0.0527. The number of piperidine rings is 1. The molecule has 1 heterocycles. The third-order valence-electron chi connectivity index (χ3n) is 4.42. The van der Waals surface area contributed by atoms with Crippen molar-refractivity contribution in [2.45, 2.75) is 23.8 Å². The quantitative estimate of drug-likeness (QED) is 0.704. The molecule has 1 aliphatic heterocycles. The maximum Gasteiger partial charge on any atom is 0.238 e. The van der Waals surface area contributed by atoms with Crippen molar-refractivity contribution in [1.29, 1.82) is 0 Å². The van der Waals surface area contributed by atoms with E-state index in [1.807, 2.05) is 0 Å². The molecule has 25 heavy (non-hydrogen) atoms. The van der Waals surface area contributed by atoms with Gasteiger partial charge >= 0.3 is 0 Å². The zero-order chi connectivity index (χ0) is 18.7. The molecule has 1 saturated heterocycles. The summed E-state index contributed by atoms with van der Waals surface area (Å²) in [6.45, 7) is 2.84. The summed E-state index contributed by atoms with van der Waals surface area (Å²) in [5.74, 6) is 0.582. The van der Waals surface area contributed by atoms with Gasteiger partial charge in [-0.2, -0.15) is 0 Å². The van der Waals surface area contributed by atoms with Crippen LogP contribution in [0.25, 0.3) is 0 Å². The second kappa shape index (κ2) is 8.00. The maximum absolute atomic E-state index is 11.6. The fraction of sp³-hybridized carbons (Fsp3) is 0.600. The summed E-state index contributed by atoms with van der Waals surface area (Å²) >= 11 is 0. The molecule has 0 unspecified atom stereocenters. The molecule has 1 aromatic rings. The number of benzene rings is 1. The fourth-order valence-electron chi connectivity index (χ4n) is 2.80. The zero-order valence-electron chi connectivity index (χ0n) is 14.5. The van der Waals surface area contributed by atoms with Crippen LogP contribution >= 0.6 is 0 Å². The molecule has 0 saturated carbocycles. The third-order valence-corrected chi connectivity index (χ3v) is 6.70. The van der Waals surface area contributed by atoms with Gasteiger partial charge in [0.1, 0.15) is 12.4 Å². The first kappa shape index (κ1) is 20.1. The first-order valence-electron chi connectivity index (χ1n) is 7.98. The Bertz CT molecular complexity index is 770. The van der Waals surface area contributed by atoms with Crippen LogP contribution in [-0.4, -0.2) is 71.6 Å². The van der Waals surface area contributed by atoms with Crippen molar-refractivity contribution in [3.8, 4) is 5.75 Å². The molecule has 0 atom stereocenters. The zero-order valence-corrected chi connectivity index (χ0v) is 16.1. The average molecular weight is 392 g/mol. The summed E-state index contributed by atoms with van der Waals surface area (Å²) in [6.07, 6.45) is 2.83. The Hall–Kier alpha value is -1.20. The summed E-state index contributed by atoms with van der Waals surface area (Å²) in [4.78, 5) is 2.28. The molecular formula is C15H25N3O5S2. The summed E-state index contributed by atoms with van der Waals surface area (Å²) in [5.41, 5.74) is 0. The van der Waals surface area contributed by atoms with E-state index in [-0.39, 0.29) is 10.9 Å². The van der Waals surface area contributed by atoms with Gasteiger partial charge in [-0.1, -0.05) is 0 Å². The standard InChI is InChI=1S/C15H25N3O5S2/c1-17(24(2,19)20)13-7-9-18(10-8-13)11-12-23-14-3-5-15(6-4-14)25(16,21)22/h3-6,13H,7-12H2,1-2H3,(H2,16,21,22). The van der Waals surface area contributed by atoms with Gasteiger partial charge in [0.15, 0.2) is 0 Å². The van der Waals surface area contributed by atoms with E-state index in [2.05, 4.69) is 4.90 Å². The van der Waals surface area contributed by atoms with E-state index in [0.717, 1.165) is 32.5 Å². The van der Waals surface area contributed by atoms with Crippen molar-refractivity contribution in [3.63, 3.8) is 0 Å². The van der Waals surface area contributed by atoms with Crippen LogP contribution in [0.3, 0.4) is 0 Å². The van der Waals surface area contributed by atoms with E-state index < -0.39 is 20.0 Å². The molecule has 1 aliphatic rings. The van der Waals surface area contributed by atoms with E-state index in [9.17, 15) is 16.8 Å². The lowest BCUT2D eigenvalue weighted by Crippen LogP contribution is -2.46. The molecule has 10 heteroatoms. The molecule has 8 nitrogen and oxygen atoms in total. The number of ether oxygens (including phenoxy) is 1. The molecule has 1 fully saturated rings. The highest BCUT2D eigenvalue weighted by Crippen LogP contribution is 2.18. The molecule has 2 N–H and O–H groups in total. The molecule has 0 amide bonds. The Morgan fingerprint density at radius 2 is 1.72 bits per heavy atom. The van der Waals surface area contributed by atoms with Gasteiger partial charge in [0, 0.05) is 19.6 Å². The number of rotatable bonds is 7. The van der Waals surface area contributed by atoms with Crippen molar-refractivity contribution in [2.24, 2.45) is 5.14 Å². The van der Waals surface area contributed by atoms with Gasteiger partial charge in [-0.3, -0.25) is 4.90 Å². The first-order chi connectivity index (χ1) is 11.6. The number of hydrogen-bond acceptors (Lipinski definition) is 6. The monoisotopic (exact) mass is 391 g/mol. The van der Waals surface area contributed by atoms with Crippen molar-refractivity contribution in [1.82, 2.24) is 9.21 Å². The Morgan fingerprint density at radius 1 is 1.16 bits per heavy atom. The maximum atomic E-state index is 11.6. The van der Waals surface area contributed by atoms with E-state index >= 15 is 0 Å². The highest BCUT2D eigenvalue weighted by molar-refractivity contribution is 7.89. The van der Waals surface area contributed by atoms with Crippen LogP contribution < -0.4 is 9.88 Å². The average Bonchev–Trinajstić information content (AvgIpc) is 2.54. The number of likely N-dealkylation sites (tertiary alicyclic amines) is 1. The highest BCUT2D eigenvalue weighted by Gasteiger charge is 2.26. The predicted molar refractivity (Wildman–Crippen MR) is 95.4 cm³/mol. The lowest BCUT2D eigenvalue weighted by Gasteiger charge is -2.35. The van der Waals surface area contributed by atoms with Crippen molar-refractivity contribution in [2.75, 3.05) is 39.5 Å². The van der Waals surface area contributed by atoms with E-state index in [0.29, 0.717) is 12.4 Å². The predicted octanol–water partition coefficient (Wildman–Crippen LogP) is 0.0686. The Kier molecular flexibility index (Phi) is 6.44. The molecular weight excluding hydrogens is 366 g/mol. The third kappa shape index (κ3) is 5.93. The van der Waals surface area contributed by atoms with Crippen molar-refractivity contribution in [3.05, 3.63) is 24.3 Å². The van der Waals surface area contributed by atoms with E-state index in [1.165, 1.54) is 22.7 Å². The number of sulfonamides is 2. The van der Waals surface area contributed by atoms with Crippen molar-refractivity contribution < 1.29 is 21.6 Å². The van der Waals surface area contributed by atoms with Crippen molar-refractivity contribution >= 4 is 20.0 Å². The van der Waals surface area contributed by atoms with Gasteiger partial charge in [0.05, 0.1) is 11.2 Å². The Labute approximate surface area is 149 Å². The second-order valence-corrected chi connectivity index (χ2v) is 9.82. The summed E-state index contributed by atoms with van der Waals surface area (Å²) in [7, 11) is -5.21. The largest absolute Gasteiger partial charge is 0.492 e. The molecule has 0 radical (unpaired) electrons. The topological polar surface area (TPSA) is 110 Å². The molecule has 0 bridgehead atoms. The smallest absolute Gasteiger partial charge is 0.238 e. The number of hydrogen-bond donors (Lipinski definition) is 1. The molecule has 0 aromatic heterocycles. The van der Waals surface area contributed by atoms with Crippen LogP contribution in [0.5, 0.6) is 5.75 Å². The molecule has 142 valence electrons. The van der Waals surface area contributed by atoms with E-state index in [4.69, 9.17) is 9.88 Å². The van der Waals surface area contributed by atoms with Crippen LogP contribution in [0, 0.1) is 0 Å². The van der Waals surface area contributed by atoms with Crippen LogP contribution in [0.1, 0.15) is 12.8 Å². The molecule has 1 aromatic carbocycles. The van der Waals surface area contributed by atoms with Crippen LogP contribution in [-0.2, 0) is 20.0 Å². The Morgan fingerprint density at radius 3 is 2.20 bits per heavy atom. The highest BCUT2D eigenvalue weighted by atomic mass is 32.2. The first-order valence-corrected chi connectivity index (χ1v) is 11.4. The minimum atomic E-state index is -3.69. The van der Waals surface area contributed by atoms with Gasteiger partial charge in [-0.15, -0.1) is 0 Å². The van der Waals surface area contributed by atoms with Gasteiger partial charge in [0.25, 0.3) is 0 Å². The fourth-order valence-corrected chi connectivity index (χ4v) is 4.06. The Balaban J connectivity index is 1.75. The molecule has 0 aliphatic carbocycles. The van der Waals surface area contributed by atoms with Gasteiger partial charge < -0.3 is 4.74 Å². The van der Waals surface area contributed by atoms with Crippen LogP contribution in [0.15, 0.2) is 29.2 Å². The lowest BCUT2D eigenvalue weighted by molar-refractivity contribution is 0.146. The number of primary sulfonamides is 1. The van der Waals surface area contributed by atoms with Crippen LogP contribution in [0.2, 0.25) is 0 Å². The van der Waals surface area contributed by atoms with Gasteiger partial charge in [-0.05, 0) is 50.2 Å². The lowest BCUT2D eigenvalue weighted by atomic mass is 10.1. The normalized spacial score (nSPS) is 17.8. The van der Waals surface area contributed by atoms with Crippen LogP contribution in [0.4, 0.5) is 0 Å². The van der Waals surface area contributed by atoms with Gasteiger partial charge in [-0.25, -0.2) is 26.3 Å². The SMILES string of the molecule is CN(C1CCN(CCOc2ccc(S(N)(=O)=O)cc2)CC1)S(C)(=O)=O. The van der Waals surface area contributed by atoms with Gasteiger partial charge in [0.2, 0.25) is 20.0 Å².